The van der Waals surface area contributed by atoms with Crippen molar-refractivity contribution in [2.45, 2.75) is 12.8 Å². The quantitative estimate of drug-likeness (QED) is 0.641. The standard InChI is InChI=1S/C19H20BrClN2O3/c1-23(2)19(25)16-12-14(8-9-17(16)21)22-18(24)7-4-10-26-15-6-3-5-13(20)11-15/h3,5-6,8-9,11-12H,4,7,10H2,1-2H3,(H,22,24). The van der Waals surface area contributed by atoms with E-state index >= 15 is 0 Å². The lowest BCUT2D eigenvalue weighted by molar-refractivity contribution is -0.116. The molecule has 0 atom stereocenters. The van der Waals surface area contributed by atoms with Gasteiger partial charge in [-0.3, -0.25) is 9.59 Å². The minimum Gasteiger partial charge on any atom is -0.494 e. The molecule has 7 heteroatoms. The summed E-state index contributed by atoms with van der Waals surface area (Å²) < 4.78 is 6.55. The SMILES string of the molecule is CN(C)C(=O)c1cc(NC(=O)CCCOc2cccc(Br)c2)ccc1Cl. The van der Waals surface area contributed by atoms with Gasteiger partial charge in [-0.25, -0.2) is 0 Å². The summed E-state index contributed by atoms with van der Waals surface area (Å²) in [5.74, 6) is 0.395. The number of ether oxygens (including phenoxy) is 1. The van der Waals surface area contributed by atoms with Gasteiger partial charge in [-0.1, -0.05) is 33.6 Å². The van der Waals surface area contributed by atoms with E-state index < -0.39 is 0 Å². The largest absolute Gasteiger partial charge is 0.494 e. The molecule has 0 bridgehead atoms. The average Bonchev–Trinajstić information content (AvgIpc) is 2.60. The Balaban J connectivity index is 1.84. The molecule has 2 aromatic carbocycles. The predicted molar refractivity (Wildman–Crippen MR) is 107 cm³/mol. The molecule has 0 aliphatic rings. The maximum Gasteiger partial charge on any atom is 0.254 e. The second-order valence-electron chi connectivity index (χ2n) is 5.85. The minimum atomic E-state index is -0.214. The van der Waals surface area contributed by atoms with Gasteiger partial charge < -0.3 is 15.0 Å². The van der Waals surface area contributed by atoms with Gasteiger partial charge in [-0.15, -0.1) is 0 Å². The number of rotatable bonds is 7. The van der Waals surface area contributed by atoms with E-state index in [1.807, 2.05) is 24.3 Å². The van der Waals surface area contributed by atoms with E-state index in [4.69, 9.17) is 16.3 Å². The number of amides is 2. The van der Waals surface area contributed by atoms with E-state index in [1.165, 1.54) is 4.90 Å². The summed E-state index contributed by atoms with van der Waals surface area (Å²) >= 11 is 9.44. The van der Waals surface area contributed by atoms with E-state index in [2.05, 4.69) is 21.2 Å². The molecule has 0 aliphatic carbocycles. The van der Waals surface area contributed by atoms with Crippen molar-refractivity contribution in [2.75, 3.05) is 26.0 Å². The maximum absolute atomic E-state index is 12.1. The minimum absolute atomic E-state index is 0.145. The third-order valence-electron chi connectivity index (χ3n) is 3.50. The van der Waals surface area contributed by atoms with Crippen LogP contribution in [0.5, 0.6) is 5.75 Å². The Morgan fingerprint density at radius 2 is 1.96 bits per heavy atom. The molecule has 0 radical (unpaired) electrons. The number of nitrogens with one attached hydrogen (secondary N) is 1. The van der Waals surface area contributed by atoms with Gasteiger partial charge in [-0.2, -0.15) is 0 Å². The summed E-state index contributed by atoms with van der Waals surface area (Å²) in [7, 11) is 3.30. The number of anilines is 1. The summed E-state index contributed by atoms with van der Waals surface area (Å²) in [6.45, 7) is 0.439. The maximum atomic E-state index is 12.1. The molecule has 0 fully saturated rings. The smallest absolute Gasteiger partial charge is 0.254 e. The van der Waals surface area contributed by atoms with Gasteiger partial charge in [0.25, 0.3) is 5.91 Å². The molecular weight excluding hydrogens is 420 g/mol. The summed E-state index contributed by atoms with van der Waals surface area (Å²) in [5, 5.41) is 3.13. The van der Waals surface area contributed by atoms with Crippen molar-refractivity contribution >= 4 is 45.0 Å². The third kappa shape index (κ3) is 6.04. The number of hydrogen-bond donors (Lipinski definition) is 1. The van der Waals surface area contributed by atoms with Crippen molar-refractivity contribution < 1.29 is 14.3 Å². The topological polar surface area (TPSA) is 58.6 Å². The number of carbonyl (C=O) groups excluding carboxylic acids is 2. The fourth-order valence-electron chi connectivity index (χ4n) is 2.21. The molecule has 2 aromatic rings. The number of carbonyl (C=O) groups is 2. The Hall–Kier alpha value is -2.05. The van der Waals surface area contributed by atoms with Crippen LogP contribution in [0.15, 0.2) is 46.9 Å². The molecule has 0 saturated carbocycles. The molecule has 0 unspecified atom stereocenters. The molecule has 2 rings (SSSR count). The molecule has 0 aromatic heterocycles. The highest BCUT2D eigenvalue weighted by Gasteiger charge is 2.14. The summed E-state index contributed by atoms with van der Waals surface area (Å²) in [6, 6.07) is 12.4. The van der Waals surface area contributed by atoms with Gasteiger partial charge in [0, 0.05) is 30.7 Å². The van der Waals surface area contributed by atoms with Crippen LogP contribution in [0, 0.1) is 0 Å². The van der Waals surface area contributed by atoms with Crippen LogP contribution in [0.2, 0.25) is 5.02 Å². The molecule has 26 heavy (non-hydrogen) atoms. The van der Waals surface area contributed by atoms with E-state index in [-0.39, 0.29) is 11.8 Å². The number of hydrogen-bond acceptors (Lipinski definition) is 3. The normalized spacial score (nSPS) is 10.3. The first kappa shape index (κ1) is 20.3. The van der Waals surface area contributed by atoms with Gasteiger partial charge in [0.1, 0.15) is 5.75 Å². The van der Waals surface area contributed by atoms with Crippen molar-refractivity contribution in [3.63, 3.8) is 0 Å². The van der Waals surface area contributed by atoms with Crippen LogP contribution in [-0.2, 0) is 4.79 Å². The Morgan fingerprint density at radius 3 is 2.65 bits per heavy atom. The van der Waals surface area contributed by atoms with Crippen LogP contribution < -0.4 is 10.1 Å². The van der Waals surface area contributed by atoms with Crippen molar-refractivity contribution in [1.29, 1.82) is 0 Å². The lowest BCUT2D eigenvalue weighted by Crippen LogP contribution is -2.22. The summed E-state index contributed by atoms with van der Waals surface area (Å²) in [5.41, 5.74) is 0.893. The van der Waals surface area contributed by atoms with Crippen molar-refractivity contribution in [2.24, 2.45) is 0 Å². The first-order valence-corrected chi connectivity index (χ1v) is 9.23. The second-order valence-corrected chi connectivity index (χ2v) is 7.17. The molecule has 0 heterocycles. The van der Waals surface area contributed by atoms with Crippen LogP contribution in [0.25, 0.3) is 0 Å². The number of nitrogens with zero attached hydrogens (tertiary/aromatic N) is 1. The van der Waals surface area contributed by atoms with Gasteiger partial charge in [-0.05, 0) is 42.8 Å². The van der Waals surface area contributed by atoms with Crippen LogP contribution in [0.1, 0.15) is 23.2 Å². The third-order valence-corrected chi connectivity index (χ3v) is 4.32. The molecule has 0 spiro atoms. The van der Waals surface area contributed by atoms with Crippen molar-refractivity contribution in [1.82, 2.24) is 4.90 Å². The first-order valence-electron chi connectivity index (χ1n) is 8.06. The van der Waals surface area contributed by atoms with Crippen LogP contribution in [-0.4, -0.2) is 37.4 Å². The lowest BCUT2D eigenvalue weighted by Gasteiger charge is -2.13. The summed E-state index contributed by atoms with van der Waals surface area (Å²) in [6.07, 6.45) is 0.892. The average molecular weight is 440 g/mol. The fraction of sp³-hybridized carbons (Fsp3) is 0.263. The zero-order valence-corrected chi connectivity index (χ0v) is 16.9. The molecule has 1 N–H and O–H groups in total. The monoisotopic (exact) mass is 438 g/mol. The van der Waals surface area contributed by atoms with Crippen molar-refractivity contribution in [3.05, 3.63) is 57.5 Å². The highest BCUT2D eigenvalue weighted by atomic mass is 79.9. The van der Waals surface area contributed by atoms with E-state index in [0.717, 1.165) is 10.2 Å². The summed E-state index contributed by atoms with van der Waals surface area (Å²) in [4.78, 5) is 25.6. The van der Waals surface area contributed by atoms with Crippen molar-refractivity contribution in [3.8, 4) is 5.75 Å². The molecule has 2 amide bonds. The van der Waals surface area contributed by atoms with E-state index in [9.17, 15) is 9.59 Å². The Bertz CT molecular complexity index is 796. The zero-order chi connectivity index (χ0) is 19.1. The van der Waals surface area contributed by atoms with E-state index in [0.29, 0.717) is 35.7 Å². The molecule has 138 valence electrons. The first-order chi connectivity index (χ1) is 12.4. The second kappa shape index (κ2) is 9.59. The zero-order valence-electron chi connectivity index (χ0n) is 14.6. The van der Waals surface area contributed by atoms with Gasteiger partial charge >= 0.3 is 0 Å². The lowest BCUT2D eigenvalue weighted by atomic mass is 10.1. The molecule has 0 aliphatic heterocycles. The van der Waals surface area contributed by atoms with E-state index in [1.54, 1.807) is 32.3 Å². The molecule has 0 saturated heterocycles. The Labute approximate surface area is 166 Å². The van der Waals surface area contributed by atoms with Crippen LogP contribution >= 0.6 is 27.5 Å². The highest BCUT2D eigenvalue weighted by Crippen LogP contribution is 2.22. The van der Waals surface area contributed by atoms with Gasteiger partial charge in [0.05, 0.1) is 17.2 Å². The van der Waals surface area contributed by atoms with Crippen LogP contribution in [0.4, 0.5) is 5.69 Å². The number of benzene rings is 2. The number of halogens is 2. The molecule has 5 nitrogen and oxygen atoms in total. The highest BCUT2D eigenvalue weighted by molar-refractivity contribution is 9.10. The van der Waals surface area contributed by atoms with Gasteiger partial charge in [0.15, 0.2) is 0 Å². The Morgan fingerprint density at radius 1 is 1.19 bits per heavy atom. The Kier molecular flexibility index (Phi) is 7.48. The van der Waals surface area contributed by atoms with Crippen LogP contribution in [0.3, 0.4) is 0 Å². The fourth-order valence-corrected chi connectivity index (χ4v) is 2.79. The van der Waals surface area contributed by atoms with Gasteiger partial charge in [0.2, 0.25) is 5.91 Å². The predicted octanol–water partition coefficient (Wildman–Crippen LogP) is 4.60. The molecular formula is C19H20BrClN2O3.